The van der Waals surface area contributed by atoms with E-state index >= 15 is 0 Å². The zero-order chi connectivity index (χ0) is 28.6. The van der Waals surface area contributed by atoms with Gasteiger partial charge >= 0.3 is 25.5 Å². The zero-order valence-electron chi connectivity index (χ0n) is 22.6. The van der Waals surface area contributed by atoms with Gasteiger partial charge in [0.1, 0.15) is 13.2 Å². The average Bonchev–Trinajstić information content (AvgIpc) is 2.87. The topological polar surface area (TPSA) is 114 Å². The van der Waals surface area contributed by atoms with Crippen molar-refractivity contribution < 1.29 is 42.2 Å². The van der Waals surface area contributed by atoms with Gasteiger partial charge in [-0.15, -0.1) is 0 Å². The molecule has 0 aliphatic heterocycles. The lowest BCUT2D eigenvalue weighted by molar-refractivity contribution is -0.164. The van der Waals surface area contributed by atoms with Crippen LogP contribution in [-0.4, -0.2) is 62.4 Å². The SMILES string of the molecule is C=C(C)C(=O)OCC(COC(=O)C(=C)C)OC(=O)CC(SCCCP(=O)(OCC)OCC)c1ccccc1. The van der Waals surface area contributed by atoms with E-state index in [1.54, 1.807) is 13.8 Å². The van der Waals surface area contributed by atoms with Crippen LogP contribution in [0.15, 0.2) is 54.6 Å². The zero-order valence-corrected chi connectivity index (χ0v) is 24.4. The third-order valence-corrected chi connectivity index (χ3v) is 8.40. The Morgan fingerprint density at radius 1 is 0.921 bits per heavy atom. The molecule has 0 aliphatic rings. The Bertz CT molecular complexity index is 940. The van der Waals surface area contributed by atoms with E-state index < -0.39 is 31.6 Å². The van der Waals surface area contributed by atoms with E-state index in [9.17, 15) is 18.9 Å². The van der Waals surface area contributed by atoms with Crippen molar-refractivity contribution in [3.8, 4) is 0 Å². The van der Waals surface area contributed by atoms with Gasteiger partial charge in [0, 0.05) is 16.4 Å². The monoisotopic (exact) mass is 570 g/mol. The van der Waals surface area contributed by atoms with Gasteiger partial charge in [0.2, 0.25) is 0 Å². The Balaban J connectivity index is 2.84. The van der Waals surface area contributed by atoms with Gasteiger partial charge in [0.05, 0.1) is 25.8 Å². The van der Waals surface area contributed by atoms with Crippen LogP contribution in [0.5, 0.6) is 0 Å². The number of benzene rings is 1. The molecule has 1 aromatic carbocycles. The lowest BCUT2D eigenvalue weighted by atomic mass is 10.1. The molecule has 0 fully saturated rings. The molecule has 1 atom stereocenters. The Hall–Kier alpha value is -2.39. The molecule has 0 aromatic heterocycles. The highest BCUT2D eigenvalue weighted by molar-refractivity contribution is 7.99. The Morgan fingerprint density at radius 2 is 1.45 bits per heavy atom. The van der Waals surface area contributed by atoms with Crippen LogP contribution in [0.25, 0.3) is 0 Å². The van der Waals surface area contributed by atoms with Gasteiger partial charge in [-0.1, -0.05) is 43.5 Å². The Kier molecular flexibility index (Phi) is 15.9. The molecule has 11 heteroatoms. The number of carbonyl (C=O) groups is 3. The predicted molar refractivity (Wildman–Crippen MR) is 148 cm³/mol. The van der Waals surface area contributed by atoms with E-state index in [2.05, 4.69) is 13.2 Å². The van der Waals surface area contributed by atoms with Crippen LogP contribution in [0, 0.1) is 0 Å². The minimum atomic E-state index is -3.14. The van der Waals surface area contributed by atoms with Gasteiger partial charge in [-0.25, -0.2) is 9.59 Å². The van der Waals surface area contributed by atoms with Crippen molar-refractivity contribution in [1.82, 2.24) is 0 Å². The van der Waals surface area contributed by atoms with Gasteiger partial charge in [0.15, 0.2) is 6.10 Å². The fourth-order valence-corrected chi connectivity index (χ4v) is 6.15. The first kappa shape index (κ1) is 33.6. The number of thioether (sulfide) groups is 1. The number of hydrogen-bond donors (Lipinski definition) is 0. The summed E-state index contributed by atoms with van der Waals surface area (Å²) in [6.07, 6.45) is -0.143. The van der Waals surface area contributed by atoms with Crippen molar-refractivity contribution >= 4 is 37.3 Å². The van der Waals surface area contributed by atoms with Gasteiger partial charge in [-0.3, -0.25) is 9.36 Å². The van der Waals surface area contributed by atoms with Gasteiger partial charge in [0.25, 0.3) is 0 Å². The highest BCUT2D eigenvalue weighted by Gasteiger charge is 2.25. The predicted octanol–water partition coefficient (Wildman–Crippen LogP) is 5.66. The summed E-state index contributed by atoms with van der Waals surface area (Å²) in [5.41, 5.74) is 1.30. The van der Waals surface area contributed by atoms with Crippen LogP contribution in [-0.2, 0) is 42.2 Å². The second kappa shape index (κ2) is 18.0. The molecule has 0 saturated carbocycles. The minimum Gasteiger partial charge on any atom is -0.458 e. The molecule has 38 heavy (non-hydrogen) atoms. The van der Waals surface area contributed by atoms with Crippen molar-refractivity contribution in [2.45, 2.75) is 51.9 Å². The molecule has 0 saturated heterocycles. The minimum absolute atomic E-state index is 0.0165. The molecule has 0 aliphatic carbocycles. The van der Waals surface area contributed by atoms with E-state index in [1.807, 2.05) is 30.3 Å². The maximum absolute atomic E-state index is 12.9. The van der Waals surface area contributed by atoms with Crippen LogP contribution in [0.1, 0.15) is 51.3 Å². The normalized spacial score (nSPS) is 12.0. The lowest BCUT2D eigenvalue weighted by Crippen LogP contribution is -2.31. The lowest BCUT2D eigenvalue weighted by Gasteiger charge is -2.21. The van der Waals surface area contributed by atoms with Crippen molar-refractivity contribution in [3.05, 3.63) is 60.2 Å². The number of ether oxygens (including phenoxy) is 3. The number of esters is 3. The number of hydrogen-bond acceptors (Lipinski definition) is 10. The summed E-state index contributed by atoms with van der Waals surface area (Å²) in [6, 6.07) is 9.47. The molecule has 0 amide bonds. The molecule has 0 spiro atoms. The molecule has 212 valence electrons. The fourth-order valence-electron chi connectivity index (χ4n) is 3.07. The van der Waals surface area contributed by atoms with E-state index in [0.29, 0.717) is 25.4 Å². The van der Waals surface area contributed by atoms with Crippen molar-refractivity contribution in [2.24, 2.45) is 0 Å². The van der Waals surface area contributed by atoms with E-state index in [-0.39, 0.29) is 42.2 Å². The second-order valence-electron chi connectivity index (χ2n) is 8.37. The van der Waals surface area contributed by atoms with E-state index in [0.717, 1.165) is 5.56 Å². The van der Waals surface area contributed by atoms with E-state index in [4.69, 9.17) is 23.3 Å². The van der Waals surface area contributed by atoms with Crippen LogP contribution in [0.4, 0.5) is 0 Å². The Morgan fingerprint density at radius 3 is 1.92 bits per heavy atom. The molecule has 1 unspecified atom stereocenters. The second-order valence-corrected chi connectivity index (χ2v) is 11.9. The largest absolute Gasteiger partial charge is 0.458 e. The maximum Gasteiger partial charge on any atom is 0.333 e. The Labute approximate surface area is 229 Å². The van der Waals surface area contributed by atoms with Crippen LogP contribution in [0.3, 0.4) is 0 Å². The molecule has 0 N–H and O–H groups in total. The third-order valence-electron chi connectivity index (χ3n) is 4.87. The molecular weight excluding hydrogens is 531 g/mol. The molecule has 0 radical (unpaired) electrons. The number of rotatable bonds is 19. The van der Waals surface area contributed by atoms with Crippen LogP contribution >= 0.6 is 19.4 Å². The molecule has 1 aromatic rings. The molecule has 0 heterocycles. The van der Waals surface area contributed by atoms with Crippen LogP contribution < -0.4 is 0 Å². The average molecular weight is 571 g/mol. The van der Waals surface area contributed by atoms with Gasteiger partial charge in [-0.2, -0.15) is 11.8 Å². The highest BCUT2D eigenvalue weighted by atomic mass is 32.2. The summed E-state index contributed by atoms with van der Waals surface area (Å²) in [5.74, 6) is -1.24. The summed E-state index contributed by atoms with van der Waals surface area (Å²) >= 11 is 1.52. The quantitative estimate of drug-likeness (QED) is 0.0679. The maximum atomic E-state index is 12.9. The van der Waals surface area contributed by atoms with Crippen molar-refractivity contribution in [1.29, 1.82) is 0 Å². The summed E-state index contributed by atoms with van der Waals surface area (Å²) in [5, 5.41) is -0.251. The molecule has 1 rings (SSSR count). The highest BCUT2D eigenvalue weighted by Crippen LogP contribution is 2.49. The van der Waals surface area contributed by atoms with Gasteiger partial charge < -0.3 is 23.3 Å². The van der Waals surface area contributed by atoms with Crippen molar-refractivity contribution in [3.63, 3.8) is 0 Å². The molecule has 0 bridgehead atoms. The van der Waals surface area contributed by atoms with E-state index in [1.165, 1.54) is 25.6 Å². The molecule has 9 nitrogen and oxygen atoms in total. The summed E-state index contributed by atoms with van der Waals surface area (Å²) < 4.78 is 39.2. The van der Waals surface area contributed by atoms with Crippen LogP contribution in [0.2, 0.25) is 0 Å². The summed E-state index contributed by atoms with van der Waals surface area (Å²) in [4.78, 5) is 36.6. The van der Waals surface area contributed by atoms with Gasteiger partial charge in [-0.05, 0) is 45.4 Å². The standard InChI is InChI=1S/C27H39O9PS/c1-7-34-37(31,35-8-2)15-12-16-38-24(22-13-10-9-11-14-22)17-25(28)36-23(18-32-26(29)20(3)4)19-33-27(30)21(5)6/h9-11,13-14,23-24H,3,5,7-8,12,15-19H2,1-2,4,6H3. The smallest absolute Gasteiger partial charge is 0.333 e. The first-order valence-corrected chi connectivity index (χ1v) is 15.2. The fraction of sp³-hybridized carbons (Fsp3) is 0.519. The summed E-state index contributed by atoms with van der Waals surface area (Å²) in [6.45, 7) is 13.6. The number of carbonyl (C=O) groups excluding carboxylic acids is 3. The first-order valence-electron chi connectivity index (χ1n) is 12.4. The molecular formula is C27H39O9PS. The summed E-state index contributed by atoms with van der Waals surface area (Å²) in [7, 11) is -3.14. The first-order chi connectivity index (χ1) is 18.0. The third kappa shape index (κ3) is 13.4. The van der Waals surface area contributed by atoms with Crippen molar-refractivity contribution in [2.75, 3.05) is 38.3 Å².